The lowest BCUT2D eigenvalue weighted by Crippen LogP contribution is -2.30. The van der Waals surface area contributed by atoms with Crippen molar-refractivity contribution >= 4 is 17.9 Å². The van der Waals surface area contributed by atoms with Crippen LogP contribution in [0, 0.1) is 0 Å². The molecule has 1 unspecified atom stereocenters. The highest BCUT2D eigenvalue weighted by Crippen LogP contribution is 2.14. The van der Waals surface area contributed by atoms with E-state index < -0.39 is 6.10 Å². The van der Waals surface area contributed by atoms with Gasteiger partial charge in [-0.15, -0.1) is 0 Å². The lowest BCUT2D eigenvalue weighted by Gasteiger charge is -2.18. The van der Waals surface area contributed by atoms with Gasteiger partial charge in [0.25, 0.3) is 0 Å². The second kappa shape index (κ2) is 43.8. The number of hydrogen-bond acceptors (Lipinski definition) is 6. The SMILES string of the molecule is CC/C=C\C/C=C\C/C=C\C/C=C\C/C=C\CCCCCC(=O)OCC(COC(=O)CCCCCCCCCC)OC(=O)CCCCCCCCCCCC. The van der Waals surface area contributed by atoms with Crippen molar-refractivity contribution in [3.05, 3.63) is 60.8 Å². The summed E-state index contributed by atoms with van der Waals surface area (Å²) in [6.07, 6.45) is 52.1. The summed E-state index contributed by atoms with van der Waals surface area (Å²) in [5.41, 5.74) is 0. The maximum Gasteiger partial charge on any atom is 0.306 e. The van der Waals surface area contributed by atoms with E-state index in [-0.39, 0.29) is 31.1 Å². The molecule has 1 atom stereocenters. The van der Waals surface area contributed by atoms with E-state index in [2.05, 4.69) is 81.5 Å². The molecule has 0 fully saturated rings. The fourth-order valence-corrected chi connectivity index (χ4v) is 6.11. The van der Waals surface area contributed by atoms with Gasteiger partial charge in [0.15, 0.2) is 6.10 Å². The fraction of sp³-hybridized carbons (Fsp3) is 0.735. The van der Waals surface area contributed by atoms with Crippen LogP contribution in [-0.2, 0) is 28.6 Å². The van der Waals surface area contributed by atoms with Crippen LogP contribution in [0.5, 0.6) is 0 Å². The molecule has 0 aliphatic heterocycles. The molecule has 55 heavy (non-hydrogen) atoms. The lowest BCUT2D eigenvalue weighted by molar-refractivity contribution is -0.167. The third-order valence-corrected chi connectivity index (χ3v) is 9.54. The summed E-state index contributed by atoms with van der Waals surface area (Å²) in [7, 11) is 0. The van der Waals surface area contributed by atoms with Gasteiger partial charge in [0.2, 0.25) is 0 Å². The van der Waals surface area contributed by atoms with E-state index >= 15 is 0 Å². The minimum absolute atomic E-state index is 0.0832. The van der Waals surface area contributed by atoms with Crippen molar-refractivity contribution in [3.8, 4) is 0 Å². The molecule has 0 spiro atoms. The van der Waals surface area contributed by atoms with Crippen molar-refractivity contribution in [2.75, 3.05) is 13.2 Å². The molecule has 0 aromatic carbocycles. The first-order valence-corrected chi connectivity index (χ1v) is 22.8. The molecule has 0 rings (SSSR count). The molecule has 0 saturated heterocycles. The van der Waals surface area contributed by atoms with Crippen LogP contribution in [0.1, 0.15) is 213 Å². The minimum Gasteiger partial charge on any atom is -0.462 e. The van der Waals surface area contributed by atoms with Crippen LogP contribution in [0.25, 0.3) is 0 Å². The van der Waals surface area contributed by atoms with Gasteiger partial charge in [0.05, 0.1) is 0 Å². The highest BCUT2D eigenvalue weighted by Gasteiger charge is 2.19. The van der Waals surface area contributed by atoms with E-state index in [0.29, 0.717) is 19.3 Å². The topological polar surface area (TPSA) is 78.9 Å². The van der Waals surface area contributed by atoms with Gasteiger partial charge in [0.1, 0.15) is 13.2 Å². The van der Waals surface area contributed by atoms with Gasteiger partial charge >= 0.3 is 17.9 Å². The van der Waals surface area contributed by atoms with Gasteiger partial charge in [-0.25, -0.2) is 0 Å². The summed E-state index contributed by atoms with van der Waals surface area (Å²) in [4.78, 5) is 37.6. The van der Waals surface area contributed by atoms with Crippen molar-refractivity contribution in [2.24, 2.45) is 0 Å². The minimum atomic E-state index is -0.780. The van der Waals surface area contributed by atoms with Crippen LogP contribution in [0.2, 0.25) is 0 Å². The van der Waals surface area contributed by atoms with Crippen molar-refractivity contribution in [2.45, 2.75) is 219 Å². The van der Waals surface area contributed by atoms with Gasteiger partial charge in [-0.05, 0) is 64.2 Å². The number of carbonyl (C=O) groups excluding carboxylic acids is 3. The predicted octanol–water partition coefficient (Wildman–Crippen LogP) is 14.5. The van der Waals surface area contributed by atoms with E-state index in [1.165, 1.54) is 77.0 Å². The Morgan fingerprint density at radius 3 is 1.11 bits per heavy atom. The second-order valence-electron chi connectivity index (χ2n) is 14.9. The van der Waals surface area contributed by atoms with Gasteiger partial charge < -0.3 is 14.2 Å². The standard InChI is InChI=1S/C49H84O6/c1-4-7-10-13-16-19-21-22-23-24-25-26-27-28-29-31-33-36-39-42-48(51)54-45-46(44-53-47(50)41-38-35-32-18-15-12-9-6-3)55-49(52)43-40-37-34-30-20-17-14-11-8-5-2/h7,10,16,19,22-23,25-26,28-29,46H,4-6,8-9,11-15,17-18,20-21,24,27,30-45H2,1-3H3/b10-7-,19-16-,23-22-,26-25-,29-28-. The Morgan fingerprint density at radius 2 is 0.709 bits per heavy atom. The zero-order valence-corrected chi connectivity index (χ0v) is 35.9. The molecule has 0 heterocycles. The zero-order chi connectivity index (χ0) is 40.1. The molecular weight excluding hydrogens is 685 g/mol. The van der Waals surface area contributed by atoms with Crippen molar-refractivity contribution in [3.63, 3.8) is 0 Å². The van der Waals surface area contributed by atoms with Crippen molar-refractivity contribution in [1.29, 1.82) is 0 Å². The average molecular weight is 769 g/mol. The number of allylic oxidation sites excluding steroid dienone is 10. The van der Waals surface area contributed by atoms with E-state index in [9.17, 15) is 14.4 Å². The van der Waals surface area contributed by atoms with Crippen LogP contribution in [0.15, 0.2) is 60.8 Å². The smallest absolute Gasteiger partial charge is 0.306 e. The predicted molar refractivity (Wildman–Crippen MR) is 233 cm³/mol. The summed E-state index contributed by atoms with van der Waals surface area (Å²) in [5, 5.41) is 0. The molecular formula is C49H84O6. The van der Waals surface area contributed by atoms with E-state index in [1.54, 1.807) is 0 Å². The second-order valence-corrected chi connectivity index (χ2v) is 14.9. The van der Waals surface area contributed by atoms with Crippen molar-refractivity contribution in [1.82, 2.24) is 0 Å². The van der Waals surface area contributed by atoms with Crippen LogP contribution in [0.4, 0.5) is 0 Å². The normalized spacial score (nSPS) is 12.6. The van der Waals surface area contributed by atoms with Crippen LogP contribution in [0.3, 0.4) is 0 Å². The number of unbranched alkanes of at least 4 members (excludes halogenated alkanes) is 19. The molecule has 0 aromatic rings. The van der Waals surface area contributed by atoms with Crippen molar-refractivity contribution < 1.29 is 28.6 Å². The highest BCUT2D eigenvalue weighted by atomic mass is 16.6. The first-order valence-electron chi connectivity index (χ1n) is 22.8. The largest absolute Gasteiger partial charge is 0.462 e. The van der Waals surface area contributed by atoms with E-state index in [0.717, 1.165) is 96.3 Å². The summed E-state index contributed by atoms with van der Waals surface area (Å²) in [5.74, 6) is -0.925. The summed E-state index contributed by atoms with van der Waals surface area (Å²) < 4.78 is 16.6. The molecule has 6 heteroatoms. The Balaban J connectivity index is 4.35. The molecule has 0 aliphatic carbocycles. The first kappa shape index (κ1) is 52.1. The molecule has 0 N–H and O–H groups in total. The summed E-state index contributed by atoms with van der Waals surface area (Å²) >= 11 is 0. The van der Waals surface area contributed by atoms with Crippen LogP contribution < -0.4 is 0 Å². The Hall–Kier alpha value is -2.89. The Bertz CT molecular complexity index is 1020. The highest BCUT2D eigenvalue weighted by molar-refractivity contribution is 5.71. The Morgan fingerprint density at radius 1 is 0.382 bits per heavy atom. The first-order chi connectivity index (χ1) is 27.0. The molecule has 0 amide bonds. The molecule has 316 valence electrons. The monoisotopic (exact) mass is 769 g/mol. The molecule has 0 aliphatic rings. The number of hydrogen-bond donors (Lipinski definition) is 0. The lowest BCUT2D eigenvalue weighted by atomic mass is 10.1. The molecule has 0 aromatic heterocycles. The van der Waals surface area contributed by atoms with Gasteiger partial charge in [-0.2, -0.15) is 0 Å². The van der Waals surface area contributed by atoms with Crippen LogP contribution in [-0.4, -0.2) is 37.2 Å². The number of ether oxygens (including phenoxy) is 3. The third-order valence-electron chi connectivity index (χ3n) is 9.54. The molecule has 6 nitrogen and oxygen atoms in total. The Kier molecular flexibility index (Phi) is 41.5. The van der Waals surface area contributed by atoms with Crippen LogP contribution >= 0.6 is 0 Å². The van der Waals surface area contributed by atoms with Gasteiger partial charge in [0, 0.05) is 19.3 Å². The molecule has 0 bridgehead atoms. The number of carbonyl (C=O) groups is 3. The zero-order valence-electron chi connectivity index (χ0n) is 35.9. The van der Waals surface area contributed by atoms with Gasteiger partial charge in [-0.3, -0.25) is 14.4 Å². The van der Waals surface area contributed by atoms with E-state index in [1.807, 2.05) is 0 Å². The third kappa shape index (κ3) is 42.1. The quantitative estimate of drug-likeness (QED) is 0.0267. The maximum absolute atomic E-state index is 12.7. The molecule has 0 saturated carbocycles. The maximum atomic E-state index is 12.7. The molecule has 0 radical (unpaired) electrons. The number of rotatable bonds is 40. The summed E-state index contributed by atoms with van der Waals surface area (Å²) in [6.45, 7) is 6.44. The van der Waals surface area contributed by atoms with E-state index in [4.69, 9.17) is 14.2 Å². The summed E-state index contributed by atoms with van der Waals surface area (Å²) in [6, 6.07) is 0. The fourth-order valence-electron chi connectivity index (χ4n) is 6.11. The number of esters is 3. The van der Waals surface area contributed by atoms with Gasteiger partial charge in [-0.1, -0.05) is 191 Å². The Labute approximate surface area is 339 Å². The average Bonchev–Trinajstić information content (AvgIpc) is 3.18.